The van der Waals surface area contributed by atoms with Crippen LogP contribution in [0.4, 0.5) is 0 Å². The second-order valence-electron chi connectivity index (χ2n) is 27.5. The zero-order valence-electron chi connectivity index (χ0n) is 58.6. The van der Waals surface area contributed by atoms with Crippen molar-refractivity contribution < 1.29 is 37.3 Å². The zero-order valence-corrected chi connectivity index (χ0v) is 59.5. The van der Waals surface area contributed by atoms with Gasteiger partial charge in [-0.1, -0.05) is 354 Å². The molecule has 10 heteroatoms. The van der Waals surface area contributed by atoms with E-state index in [4.69, 9.17) is 13.8 Å². The van der Waals surface area contributed by atoms with Gasteiger partial charge in [0.05, 0.1) is 33.8 Å². The summed E-state index contributed by atoms with van der Waals surface area (Å²) in [5.41, 5.74) is 0. The number of carbonyl (C=O) groups excluding carboxylic acids is 2. The molecule has 1 N–H and O–H groups in total. The van der Waals surface area contributed by atoms with E-state index in [1.807, 2.05) is 33.3 Å². The first-order valence-electron chi connectivity index (χ1n) is 38.1. The molecule has 0 aromatic rings. The highest BCUT2D eigenvalue weighted by Crippen LogP contribution is 2.38. The number of ether oxygens (including phenoxy) is 1. The van der Waals surface area contributed by atoms with Crippen molar-refractivity contribution in [2.24, 2.45) is 0 Å². The van der Waals surface area contributed by atoms with Crippen LogP contribution in [-0.2, 0) is 27.9 Å². The van der Waals surface area contributed by atoms with Crippen molar-refractivity contribution in [3.63, 3.8) is 0 Å². The molecule has 0 heterocycles. The first-order chi connectivity index (χ1) is 41.9. The summed E-state index contributed by atoms with van der Waals surface area (Å²) in [7, 11) is 1.21. The van der Waals surface area contributed by atoms with E-state index < -0.39 is 20.0 Å². The maximum atomic E-state index is 13.6. The minimum absolute atomic E-state index is 0.0176. The highest BCUT2D eigenvalue weighted by Gasteiger charge is 2.27. The van der Waals surface area contributed by atoms with Gasteiger partial charge in [-0.25, -0.2) is 0 Å². The molecule has 0 spiro atoms. The Morgan fingerprint density at radius 3 is 0.988 bits per heavy atom. The van der Waals surface area contributed by atoms with Crippen molar-refractivity contribution >= 4 is 19.7 Å². The molecule has 0 saturated carbocycles. The summed E-state index contributed by atoms with van der Waals surface area (Å²) < 4.78 is 30.5. The summed E-state index contributed by atoms with van der Waals surface area (Å²) in [5.74, 6) is -0.514. The number of quaternary nitrogens is 1. The Balaban J connectivity index is 4.94. The number of esters is 1. The number of nitrogens with zero attached hydrogens (tertiary/aromatic N) is 1. The lowest BCUT2D eigenvalue weighted by molar-refractivity contribution is -0.870. The van der Waals surface area contributed by atoms with Gasteiger partial charge in [0.1, 0.15) is 19.3 Å². The predicted molar refractivity (Wildman–Crippen MR) is 372 cm³/mol. The van der Waals surface area contributed by atoms with Crippen LogP contribution in [0, 0.1) is 0 Å². The fourth-order valence-electron chi connectivity index (χ4n) is 11.8. The van der Waals surface area contributed by atoms with Gasteiger partial charge in [0.25, 0.3) is 7.82 Å². The fraction of sp³-hybridized carbons (Fsp3) is 0.921. The van der Waals surface area contributed by atoms with Crippen LogP contribution in [0.15, 0.2) is 24.3 Å². The van der Waals surface area contributed by atoms with E-state index in [9.17, 15) is 19.0 Å². The Morgan fingerprint density at radius 1 is 0.395 bits per heavy atom. The molecule has 0 rings (SSSR count). The third kappa shape index (κ3) is 66.9. The molecule has 9 nitrogen and oxygen atoms in total. The maximum absolute atomic E-state index is 13.6. The Bertz CT molecular complexity index is 1520. The van der Waals surface area contributed by atoms with Crippen molar-refractivity contribution in [3.8, 4) is 0 Å². The van der Waals surface area contributed by atoms with Crippen LogP contribution < -0.4 is 10.2 Å². The Kier molecular flexibility index (Phi) is 65.2. The van der Waals surface area contributed by atoms with E-state index in [-0.39, 0.29) is 31.5 Å². The summed E-state index contributed by atoms with van der Waals surface area (Å²) in [4.78, 5) is 40.3. The number of likely N-dealkylation sites (N-methyl/N-ethyl adjacent to an activating group) is 1. The molecular weight excluding hydrogens is 1080 g/mol. The SMILES string of the molecule is CCCCCCCC/C=C/CCCCCCCCCCCCCCCCCC(=O)OC(/C=C/CCCCCCCCCCCC)C(COP(=O)([O-])OCC[N+](C)(C)C)NC(=O)CCCCCCCCCCCCCCCCCCCCCCCCC. The van der Waals surface area contributed by atoms with Crippen molar-refractivity contribution in [2.75, 3.05) is 40.9 Å². The van der Waals surface area contributed by atoms with E-state index >= 15 is 0 Å². The quantitative estimate of drug-likeness (QED) is 0.0212. The normalized spacial score (nSPS) is 13.5. The monoisotopic (exact) mass is 1230 g/mol. The van der Waals surface area contributed by atoms with Crippen LogP contribution in [0.3, 0.4) is 0 Å². The van der Waals surface area contributed by atoms with E-state index in [1.165, 1.54) is 308 Å². The van der Waals surface area contributed by atoms with Crippen LogP contribution in [0.25, 0.3) is 0 Å². The minimum Gasteiger partial charge on any atom is -0.756 e. The number of carbonyl (C=O) groups is 2. The van der Waals surface area contributed by atoms with E-state index in [1.54, 1.807) is 0 Å². The number of amides is 1. The highest BCUT2D eigenvalue weighted by atomic mass is 31.2. The number of hydrogen-bond donors (Lipinski definition) is 1. The predicted octanol–water partition coefficient (Wildman–Crippen LogP) is 23.8. The minimum atomic E-state index is -4.70. The molecule has 510 valence electrons. The lowest BCUT2D eigenvalue weighted by Crippen LogP contribution is -2.47. The Hall–Kier alpha value is -1.51. The number of unbranched alkanes of at least 4 members (excludes halogenated alkanes) is 53. The lowest BCUT2D eigenvalue weighted by Gasteiger charge is -2.30. The summed E-state index contributed by atoms with van der Waals surface area (Å²) in [5, 5.41) is 3.06. The number of hydrogen-bond acceptors (Lipinski definition) is 7. The number of nitrogens with one attached hydrogen (secondary N) is 1. The molecule has 0 aliphatic rings. The fourth-order valence-corrected chi connectivity index (χ4v) is 12.5. The number of phosphoric ester groups is 1. The molecule has 3 unspecified atom stereocenters. The van der Waals surface area contributed by atoms with Gasteiger partial charge < -0.3 is 28.5 Å². The Morgan fingerprint density at radius 2 is 0.674 bits per heavy atom. The largest absolute Gasteiger partial charge is 0.756 e. The maximum Gasteiger partial charge on any atom is 0.306 e. The molecule has 3 atom stereocenters. The van der Waals surface area contributed by atoms with Gasteiger partial charge >= 0.3 is 5.97 Å². The van der Waals surface area contributed by atoms with Crippen LogP contribution in [0.5, 0.6) is 0 Å². The van der Waals surface area contributed by atoms with E-state index in [0.717, 1.165) is 57.8 Å². The molecule has 0 aromatic heterocycles. The van der Waals surface area contributed by atoms with Gasteiger partial charge in [-0.15, -0.1) is 0 Å². The molecule has 0 aliphatic heterocycles. The van der Waals surface area contributed by atoms with Crippen LogP contribution in [-0.4, -0.2) is 69.4 Å². The standard InChI is InChI=1S/C76H149N2O7P/c1-7-10-13-16-19-22-25-28-30-32-34-36-38-39-41-43-45-47-49-51-54-57-60-63-66-69-76(80)85-74(67-64-61-58-55-52-27-24-21-18-15-12-9-3)73(72-84-86(81,82)83-71-70-78(4,5)6)77-75(79)68-65-62-59-56-53-50-48-46-44-42-40-37-35-33-31-29-26-23-20-17-14-11-8-2/h28,30,64,67,73-74H,7-27,29,31-63,65-66,68-72H2,1-6H3,(H-,77,79,81,82)/b30-28+,67-64+. The lowest BCUT2D eigenvalue weighted by atomic mass is 10.0. The summed E-state index contributed by atoms with van der Waals surface area (Å²) >= 11 is 0. The first-order valence-corrected chi connectivity index (χ1v) is 39.6. The third-order valence-electron chi connectivity index (χ3n) is 17.6. The highest BCUT2D eigenvalue weighted by molar-refractivity contribution is 7.45. The topological polar surface area (TPSA) is 114 Å². The molecule has 0 saturated heterocycles. The van der Waals surface area contributed by atoms with Crippen molar-refractivity contribution in [1.29, 1.82) is 0 Å². The van der Waals surface area contributed by atoms with Gasteiger partial charge in [0.2, 0.25) is 5.91 Å². The molecule has 0 radical (unpaired) electrons. The molecule has 0 aliphatic carbocycles. The van der Waals surface area contributed by atoms with Gasteiger partial charge in [-0.3, -0.25) is 14.2 Å². The number of phosphoric acid groups is 1. The van der Waals surface area contributed by atoms with Crippen LogP contribution in [0.2, 0.25) is 0 Å². The molecule has 0 fully saturated rings. The van der Waals surface area contributed by atoms with Gasteiger partial charge in [-0.05, 0) is 57.4 Å². The summed E-state index contributed by atoms with van der Waals surface area (Å²) in [6.45, 7) is 6.92. The van der Waals surface area contributed by atoms with Crippen molar-refractivity contribution in [1.82, 2.24) is 5.32 Å². The number of rotatable bonds is 71. The number of allylic oxidation sites excluding steroid dienone is 3. The third-order valence-corrected chi connectivity index (χ3v) is 18.6. The second-order valence-corrected chi connectivity index (χ2v) is 28.9. The molecule has 86 heavy (non-hydrogen) atoms. The second kappa shape index (κ2) is 66.4. The van der Waals surface area contributed by atoms with Crippen LogP contribution in [0.1, 0.15) is 400 Å². The van der Waals surface area contributed by atoms with Crippen molar-refractivity contribution in [2.45, 2.75) is 412 Å². The average molecular weight is 1230 g/mol. The van der Waals surface area contributed by atoms with Gasteiger partial charge in [-0.2, -0.15) is 0 Å². The molecular formula is C76H149N2O7P. The summed E-state index contributed by atoms with van der Waals surface area (Å²) in [6, 6.07) is -0.883. The van der Waals surface area contributed by atoms with E-state index in [2.05, 4.69) is 38.2 Å². The van der Waals surface area contributed by atoms with Gasteiger partial charge in [0.15, 0.2) is 0 Å². The smallest absolute Gasteiger partial charge is 0.306 e. The zero-order chi connectivity index (χ0) is 62.8. The molecule has 0 bridgehead atoms. The average Bonchev–Trinajstić information content (AvgIpc) is 3.65. The first kappa shape index (κ1) is 84.5. The van der Waals surface area contributed by atoms with Gasteiger partial charge in [0, 0.05) is 12.8 Å². The molecule has 1 amide bonds. The summed E-state index contributed by atoms with van der Waals surface area (Å²) in [6.07, 6.45) is 81.7. The van der Waals surface area contributed by atoms with Crippen molar-refractivity contribution in [3.05, 3.63) is 24.3 Å². The van der Waals surface area contributed by atoms with E-state index in [0.29, 0.717) is 17.4 Å². The van der Waals surface area contributed by atoms with Crippen LogP contribution >= 0.6 is 7.82 Å². The molecule has 0 aromatic carbocycles. The Labute approximate surface area is 536 Å².